The Hall–Kier alpha value is -0.150. The normalized spacial score (nSPS) is 31.5. The highest BCUT2D eigenvalue weighted by Gasteiger charge is 2.38. The van der Waals surface area contributed by atoms with Crippen LogP contribution in [0.15, 0.2) is 0 Å². The first kappa shape index (κ1) is 13.8. The van der Waals surface area contributed by atoms with E-state index in [0.29, 0.717) is 6.42 Å². The van der Waals surface area contributed by atoms with Gasteiger partial charge in [-0.05, 0) is 33.5 Å². The third-order valence-electron chi connectivity index (χ3n) is 2.77. The molecule has 0 aromatic carbocycles. The van der Waals surface area contributed by atoms with Crippen molar-refractivity contribution >= 4 is 0 Å². The van der Waals surface area contributed by atoms with Gasteiger partial charge >= 0.3 is 0 Å². The van der Waals surface area contributed by atoms with Crippen molar-refractivity contribution in [1.82, 2.24) is 10.2 Å². The number of alkyl halides is 1. The van der Waals surface area contributed by atoms with Gasteiger partial charge < -0.3 is 10.2 Å². The van der Waals surface area contributed by atoms with E-state index in [0.717, 1.165) is 19.6 Å². The quantitative estimate of drug-likeness (QED) is 0.757. The fourth-order valence-electron chi connectivity index (χ4n) is 1.57. The maximum absolute atomic E-state index is 13.7. The predicted octanol–water partition coefficient (Wildman–Crippen LogP) is 2.05. The molecule has 2 atom stereocenters. The topological polar surface area (TPSA) is 15.3 Å². The summed E-state index contributed by atoms with van der Waals surface area (Å²) in [5.41, 5.74) is -1.01. The minimum Gasteiger partial charge on any atom is -0.310 e. The summed E-state index contributed by atoms with van der Waals surface area (Å²) < 4.78 is 13.7. The Morgan fingerprint density at radius 2 is 2.07 bits per heavy atom. The molecule has 1 rings (SSSR count). The van der Waals surface area contributed by atoms with E-state index in [9.17, 15) is 4.39 Å². The van der Waals surface area contributed by atoms with Crippen molar-refractivity contribution in [2.24, 2.45) is 0 Å². The van der Waals surface area contributed by atoms with Gasteiger partial charge in [0.25, 0.3) is 0 Å². The van der Waals surface area contributed by atoms with Gasteiger partial charge in [-0.15, -0.1) is 0 Å². The van der Waals surface area contributed by atoms with Gasteiger partial charge in [0.05, 0.1) is 6.04 Å². The standard InChI is InChI=1S/C9H19FN2.C2H6/c1-4-12(3)7-8-9(2,10)5-6-11-8;1-2/h8,11H,4-7H2,1-3H3;1-2H3. The number of hydrogen-bond acceptors (Lipinski definition) is 2. The second-order valence-electron chi connectivity index (χ2n) is 3.89. The van der Waals surface area contributed by atoms with Crippen molar-refractivity contribution in [3.8, 4) is 0 Å². The third-order valence-corrected chi connectivity index (χ3v) is 2.77. The van der Waals surface area contributed by atoms with Crippen LogP contribution >= 0.6 is 0 Å². The van der Waals surface area contributed by atoms with E-state index in [1.165, 1.54) is 0 Å². The zero-order valence-corrected chi connectivity index (χ0v) is 10.2. The van der Waals surface area contributed by atoms with Crippen LogP contribution in [0.3, 0.4) is 0 Å². The summed E-state index contributed by atoms with van der Waals surface area (Å²) in [6.45, 7) is 10.4. The van der Waals surface area contributed by atoms with Crippen molar-refractivity contribution < 1.29 is 4.39 Å². The molecule has 14 heavy (non-hydrogen) atoms. The molecular weight excluding hydrogens is 179 g/mol. The molecule has 86 valence electrons. The molecule has 3 heteroatoms. The molecule has 2 unspecified atom stereocenters. The highest BCUT2D eigenvalue weighted by Crippen LogP contribution is 2.25. The highest BCUT2D eigenvalue weighted by atomic mass is 19.1. The summed E-state index contributed by atoms with van der Waals surface area (Å²) >= 11 is 0. The number of nitrogens with one attached hydrogen (secondary N) is 1. The van der Waals surface area contributed by atoms with Gasteiger partial charge in [0.15, 0.2) is 0 Å². The Bertz CT molecular complexity index is 148. The van der Waals surface area contributed by atoms with Crippen LogP contribution in [-0.2, 0) is 0 Å². The molecule has 1 saturated heterocycles. The van der Waals surface area contributed by atoms with E-state index in [-0.39, 0.29) is 6.04 Å². The largest absolute Gasteiger partial charge is 0.310 e. The molecule has 1 aliphatic heterocycles. The Morgan fingerprint density at radius 3 is 2.43 bits per heavy atom. The van der Waals surface area contributed by atoms with Crippen LogP contribution in [0.4, 0.5) is 4.39 Å². The smallest absolute Gasteiger partial charge is 0.125 e. The van der Waals surface area contributed by atoms with Crippen molar-refractivity contribution in [1.29, 1.82) is 0 Å². The van der Waals surface area contributed by atoms with Crippen LogP contribution in [0.5, 0.6) is 0 Å². The first-order valence-corrected chi connectivity index (χ1v) is 5.67. The molecule has 0 aromatic rings. The van der Waals surface area contributed by atoms with E-state index >= 15 is 0 Å². The van der Waals surface area contributed by atoms with Crippen LogP contribution in [0, 0.1) is 0 Å². The van der Waals surface area contributed by atoms with Gasteiger partial charge in [-0.3, -0.25) is 0 Å². The molecule has 0 bridgehead atoms. The summed E-state index contributed by atoms with van der Waals surface area (Å²) in [6, 6.07) is 0.0162. The molecule has 0 radical (unpaired) electrons. The lowest BCUT2D eigenvalue weighted by atomic mass is 9.99. The minimum absolute atomic E-state index is 0.0162. The van der Waals surface area contributed by atoms with Gasteiger partial charge in [-0.2, -0.15) is 0 Å². The summed E-state index contributed by atoms with van der Waals surface area (Å²) in [5, 5.41) is 3.20. The molecule has 0 amide bonds. The molecule has 0 aromatic heterocycles. The zero-order valence-electron chi connectivity index (χ0n) is 10.2. The zero-order chi connectivity index (χ0) is 11.2. The molecule has 0 saturated carbocycles. The Morgan fingerprint density at radius 1 is 1.50 bits per heavy atom. The van der Waals surface area contributed by atoms with E-state index in [1.54, 1.807) is 6.92 Å². The van der Waals surface area contributed by atoms with Crippen molar-refractivity contribution in [2.75, 3.05) is 26.7 Å². The monoisotopic (exact) mass is 204 g/mol. The van der Waals surface area contributed by atoms with Crippen LogP contribution in [0.1, 0.15) is 34.1 Å². The van der Waals surface area contributed by atoms with Crippen LogP contribution in [-0.4, -0.2) is 43.3 Å². The predicted molar refractivity (Wildman–Crippen MR) is 60.4 cm³/mol. The lowest BCUT2D eigenvalue weighted by Gasteiger charge is -2.26. The van der Waals surface area contributed by atoms with Crippen molar-refractivity contribution in [3.63, 3.8) is 0 Å². The molecule has 1 N–H and O–H groups in total. The van der Waals surface area contributed by atoms with Crippen molar-refractivity contribution in [3.05, 3.63) is 0 Å². The third kappa shape index (κ3) is 3.93. The molecular formula is C11H25FN2. The second kappa shape index (κ2) is 6.36. The van der Waals surface area contributed by atoms with Crippen molar-refractivity contribution in [2.45, 2.75) is 45.8 Å². The molecule has 0 spiro atoms. The summed E-state index contributed by atoms with van der Waals surface area (Å²) in [4.78, 5) is 2.14. The Balaban J connectivity index is 0.000000791. The van der Waals surface area contributed by atoms with E-state index in [1.807, 2.05) is 20.9 Å². The number of halogens is 1. The number of likely N-dealkylation sites (N-methyl/N-ethyl adjacent to an activating group) is 1. The Labute approximate surface area is 87.9 Å². The van der Waals surface area contributed by atoms with Gasteiger partial charge in [0.2, 0.25) is 0 Å². The fourth-order valence-corrected chi connectivity index (χ4v) is 1.57. The van der Waals surface area contributed by atoms with E-state index < -0.39 is 5.67 Å². The number of nitrogens with zero attached hydrogens (tertiary/aromatic N) is 1. The average Bonchev–Trinajstić information content (AvgIpc) is 2.49. The summed E-state index contributed by atoms with van der Waals surface area (Å²) in [6.07, 6.45) is 0.648. The number of hydrogen-bond donors (Lipinski definition) is 1. The second-order valence-corrected chi connectivity index (χ2v) is 3.89. The molecule has 0 aliphatic carbocycles. The van der Waals surface area contributed by atoms with Gasteiger partial charge in [-0.25, -0.2) is 4.39 Å². The van der Waals surface area contributed by atoms with Gasteiger partial charge in [0, 0.05) is 6.54 Å². The minimum atomic E-state index is -1.01. The lowest BCUT2D eigenvalue weighted by Crippen LogP contribution is -2.45. The van der Waals surface area contributed by atoms with Gasteiger partial charge in [0.1, 0.15) is 5.67 Å². The SMILES string of the molecule is CC.CCN(C)CC1NCCC1(C)F. The Kier molecular flexibility index (Phi) is 6.29. The number of rotatable bonds is 3. The first-order chi connectivity index (χ1) is 6.56. The molecule has 2 nitrogen and oxygen atoms in total. The summed E-state index contributed by atoms with van der Waals surface area (Å²) in [7, 11) is 2.02. The van der Waals surface area contributed by atoms with Crippen LogP contribution in [0.25, 0.3) is 0 Å². The first-order valence-electron chi connectivity index (χ1n) is 5.67. The average molecular weight is 204 g/mol. The summed E-state index contributed by atoms with van der Waals surface area (Å²) in [5.74, 6) is 0. The highest BCUT2D eigenvalue weighted by molar-refractivity contribution is 4.96. The maximum atomic E-state index is 13.7. The van der Waals surface area contributed by atoms with E-state index in [4.69, 9.17) is 0 Å². The lowest BCUT2D eigenvalue weighted by molar-refractivity contribution is 0.141. The van der Waals surface area contributed by atoms with Crippen LogP contribution in [0.2, 0.25) is 0 Å². The maximum Gasteiger partial charge on any atom is 0.125 e. The fraction of sp³-hybridized carbons (Fsp3) is 1.00. The molecule has 1 aliphatic rings. The molecule has 1 fully saturated rings. The van der Waals surface area contributed by atoms with E-state index in [2.05, 4.69) is 17.1 Å². The molecule has 1 heterocycles. The van der Waals surface area contributed by atoms with Gasteiger partial charge in [-0.1, -0.05) is 20.8 Å². The van der Waals surface area contributed by atoms with Crippen LogP contribution < -0.4 is 5.32 Å².